The van der Waals surface area contributed by atoms with E-state index < -0.39 is 36.0 Å². The summed E-state index contributed by atoms with van der Waals surface area (Å²) in [5.41, 5.74) is 2.75. The molecule has 2 aromatic carbocycles. The first-order chi connectivity index (χ1) is 13.9. The number of hydrogen-bond donors (Lipinski definition) is 2. The summed E-state index contributed by atoms with van der Waals surface area (Å²) in [7, 11) is 0. The predicted octanol–water partition coefficient (Wildman–Crippen LogP) is 2.04. The molecule has 2 N–H and O–H groups in total. The van der Waals surface area contributed by atoms with Crippen LogP contribution in [0.2, 0.25) is 0 Å². The lowest BCUT2D eigenvalue weighted by molar-refractivity contribution is -0.140. The van der Waals surface area contributed by atoms with Crippen molar-refractivity contribution in [2.24, 2.45) is 0 Å². The van der Waals surface area contributed by atoms with E-state index in [9.17, 15) is 19.2 Å². The topological polar surface area (TPSA) is 105 Å². The van der Waals surface area contributed by atoms with Crippen molar-refractivity contribution in [1.29, 1.82) is 0 Å². The van der Waals surface area contributed by atoms with Crippen molar-refractivity contribution in [3.63, 3.8) is 0 Å². The standard InChI is InChI=1S/C21H21N3O5/c1-3-21(16-10-5-4-6-11-16)19(27)24(20(28)22-21)23-17(25)13-29-18(26)15-9-7-8-14(2)12-15/h4-12H,3,13H2,1-2H3,(H,22,28)(H,23,25)/t21-/m0/s1. The molecular formula is C21H21N3O5. The molecule has 0 bridgehead atoms. The summed E-state index contributed by atoms with van der Waals surface area (Å²) in [5, 5.41) is 3.27. The van der Waals surface area contributed by atoms with Gasteiger partial charge >= 0.3 is 12.0 Å². The van der Waals surface area contributed by atoms with Crippen LogP contribution in [0.25, 0.3) is 0 Å². The zero-order valence-corrected chi connectivity index (χ0v) is 16.1. The van der Waals surface area contributed by atoms with Crippen LogP contribution in [0.1, 0.15) is 34.8 Å². The molecule has 1 aliphatic heterocycles. The number of aryl methyl sites for hydroxylation is 1. The van der Waals surface area contributed by atoms with E-state index in [1.165, 1.54) is 0 Å². The molecule has 0 unspecified atom stereocenters. The maximum Gasteiger partial charge on any atom is 0.344 e. The molecular weight excluding hydrogens is 374 g/mol. The molecule has 0 aromatic heterocycles. The Morgan fingerprint density at radius 3 is 2.48 bits per heavy atom. The van der Waals surface area contributed by atoms with Crippen LogP contribution < -0.4 is 10.7 Å². The quantitative estimate of drug-likeness (QED) is 0.575. The molecule has 0 saturated carbocycles. The molecule has 1 atom stereocenters. The van der Waals surface area contributed by atoms with E-state index in [0.29, 0.717) is 22.6 Å². The molecule has 8 heteroatoms. The number of amides is 4. The number of hydrazine groups is 1. The number of esters is 1. The molecule has 150 valence electrons. The van der Waals surface area contributed by atoms with Crippen molar-refractivity contribution in [1.82, 2.24) is 15.8 Å². The summed E-state index contributed by atoms with van der Waals surface area (Å²) in [6, 6.07) is 14.8. The number of ether oxygens (including phenoxy) is 1. The van der Waals surface area contributed by atoms with Crippen LogP contribution in [0.15, 0.2) is 54.6 Å². The van der Waals surface area contributed by atoms with Crippen LogP contribution >= 0.6 is 0 Å². The number of nitrogens with zero attached hydrogens (tertiary/aromatic N) is 1. The van der Waals surface area contributed by atoms with E-state index in [2.05, 4.69) is 10.7 Å². The number of imide groups is 1. The number of carbonyl (C=O) groups excluding carboxylic acids is 4. The van der Waals surface area contributed by atoms with Crippen molar-refractivity contribution in [2.45, 2.75) is 25.8 Å². The van der Waals surface area contributed by atoms with E-state index >= 15 is 0 Å². The molecule has 1 fully saturated rings. The predicted molar refractivity (Wildman–Crippen MR) is 103 cm³/mol. The molecule has 1 saturated heterocycles. The molecule has 0 radical (unpaired) electrons. The maximum absolute atomic E-state index is 12.9. The lowest BCUT2D eigenvalue weighted by Crippen LogP contribution is -2.49. The Morgan fingerprint density at radius 1 is 1.10 bits per heavy atom. The Morgan fingerprint density at radius 2 is 1.83 bits per heavy atom. The zero-order valence-electron chi connectivity index (χ0n) is 16.1. The fraction of sp³-hybridized carbons (Fsp3) is 0.238. The third kappa shape index (κ3) is 3.96. The maximum atomic E-state index is 12.9. The van der Waals surface area contributed by atoms with E-state index in [0.717, 1.165) is 5.56 Å². The zero-order chi connectivity index (χ0) is 21.0. The average Bonchev–Trinajstić information content (AvgIpc) is 2.97. The molecule has 8 nitrogen and oxygen atoms in total. The van der Waals surface area contributed by atoms with Crippen LogP contribution in [0, 0.1) is 6.92 Å². The Balaban J connectivity index is 1.65. The summed E-state index contributed by atoms with van der Waals surface area (Å²) in [6.07, 6.45) is 0.302. The van der Waals surface area contributed by atoms with Gasteiger partial charge in [0.15, 0.2) is 6.61 Å². The van der Waals surface area contributed by atoms with Crippen molar-refractivity contribution in [2.75, 3.05) is 6.61 Å². The van der Waals surface area contributed by atoms with Gasteiger partial charge < -0.3 is 10.1 Å². The highest BCUT2D eigenvalue weighted by molar-refractivity contribution is 6.08. The van der Waals surface area contributed by atoms with Crippen LogP contribution in [-0.2, 0) is 19.9 Å². The summed E-state index contributed by atoms with van der Waals surface area (Å²) < 4.78 is 4.97. The normalized spacial score (nSPS) is 18.3. The van der Waals surface area contributed by atoms with E-state index in [4.69, 9.17) is 4.74 Å². The molecule has 2 aromatic rings. The van der Waals surface area contributed by atoms with E-state index in [-0.39, 0.29) is 0 Å². The lowest BCUT2D eigenvalue weighted by atomic mass is 9.87. The summed E-state index contributed by atoms with van der Waals surface area (Å²) in [4.78, 5) is 49.5. The van der Waals surface area contributed by atoms with Gasteiger partial charge in [0.05, 0.1) is 5.56 Å². The van der Waals surface area contributed by atoms with Gasteiger partial charge in [0.1, 0.15) is 5.54 Å². The van der Waals surface area contributed by atoms with Gasteiger partial charge in [0.2, 0.25) is 0 Å². The summed E-state index contributed by atoms with van der Waals surface area (Å²) >= 11 is 0. The first-order valence-electron chi connectivity index (χ1n) is 9.13. The number of carbonyl (C=O) groups is 4. The highest BCUT2D eigenvalue weighted by Crippen LogP contribution is 2.31. The van der Waals surface area contributed by atoms with Crippen LogP contribution in [0.4, 0.5) is 4.79 Å². The van der Waals surface area contributed by atoms with Crippen LogP contribution in [0.3, 0.4) is 0 Å². The SMILES string of the molecule is CC[C@@]1(c2ccccc2)NC(=O)N(NC(=O)COC(=O)c2cccc(C)c2)C1=O. The molecule has 1 heterocycles. The van der Waals surface area contributed by atoms with Crippen molar-refractivity contribution >= 4 is 23.8 Å². The van der Waals surface area contributed by atoms with Crippen molar-refractivity contribution in [3.05, 3.63) is 71.3 Å². The molecule has 0 spiro atoms. The lowest BCUT2D eigenvalue weighted by Gasteiger charge is -2.25. The van der Waals surface area contributed by atoms with Gasteiger partial charge in [-0.15, -0.1) is 0 Å². The highest BCUT2D eigenvalue weighted by Gasteiger charge is 2.52. The second kappa shape index (κ2) is 8.14. The van der Waals surface area contributed by atoms with Gasteiger partial charge in [-0.25, -0.2) is 9.59 Å². The average molecular weight is 395 g/mol. The monoisotopic (exact) mass is 395 g/mol. The second-order valence-electron chi connectivity index (χ2n) is 6.68. The number of urea groups is 1. The molecule has 29 heavy (non-hydrogen) atoms. The van der Waals surface area contributed by atoms with Crippen LogP contribution in [-0.4, -0.2) is 35.4 Å². The Hall–Kier alpha value is -3.68. The van der Waals surface area contributed by atoms with Gasteiger partial charge in [-0.1, -0.05) is 55.0 Å². The number of nitrogens with one attached hydrogen (secondary N) is 2. The molecule has 1 aliphatic rings. The fourth-order valence-corrected chi connectivity index (χ4v) is 3.18. The van der Waals surface area contributed by atoms with E-state index in [1.807, 2.05) is 13.0 Å². The largest absolute Gasteiger partial charge is 0.452 e. The first kappa shape index (κ1) is 20.1. The molecule has 0 aliphatic carbocycles. The Labute approximate surface area is 167 Å². The Bertz CT molecular complexity index is 960. The van der Waals surface area contributed by atoms with Gasteiger partial charge in [-0.2, -0.15) is 5.01 Å². The minimum Gasteiger partial charge on any atom is -0.452 e. The van der Waals surface area contributed by atoms with E-state index in [1.54, 1.807) is 55.5 Å². The van der Waals surface area contributed by atoms with Crippen molar-refractivity contribution < 1.29 is 23.9 Å². The minimum atomic E-state index is -1.26. The third-order valence-electron chi connectivity index (χ3n) is 4.71. The minimum absolute atomic E-state index is 0.302. The van der Waals surface area contributed by atoms with Gasteiger partial charge in [0.25, 0.3) is 11.8 Å². The second-order valence-corrected chi connectivity index (χ2v) is 6.68. The first-order valence-corrected chi connectivity index (χ1v) is 9.13. The smallest absolute Gasteiger partial charge is 0.344 e. The van der Waals surface area contributed by atoms with Gasteiger partial charge in [0, 0.05) is 0 Å². The number of rotatable bonds is 6. The van der Waals surface area contributed by atoms with Gasteiger partial charge in [-0.3, -0.25) is 15.0 Å². The highest BCUT2D eigenvalue weighted by atomic mass is 16.5. The summed E-state index contributed by atoms with van der Waals surface area (Å²) in [5.74, 6) is -2.07. The third-order valence-corrected chi connectivity index (χ3v) is 4.71. The number of hydrogen-bond acceptors (Lipinski definition) is 5. The molecule has 4 amide bonds. The summed E-state index contributed by atoms with van der Waals surface area (Å²) in [6.45, 7) is 2.96. The molecule has 3 rings (SSSR count). The Kier molecular flexibility index (Phi) is 5.63. The van der Waals surface area contributed by atoms with Crippen molar-refractivity contribution in [3.8, 4) is 0 Å². The number of benzene rings is 2. The fourth-order valence-electron chi connectivity index (χ4n) is 3.18. The van der Waals surface area contributed by atoms with Gasteiger partial charge in [-0.05, 0) is 31.0 Å². The van der Waals surface area contributed by atoms with Crippen LogP contribution in [0.5, 0.6) is 0 Å².